The third-order valence-corrected chi connectivity index (χ3v) is 7.47. The highest BCUT2D eigenvalue weighted by Gasteiger charge is 2.32. The smallest absolute Gasteiger partial charge is 0.244 e. The van der Waals surface area contributed by atoms with Gasteiger partial charge in [-0.25, -0.2) is 8.42 Å². The van der Waals surface area contributed by atoms with Crippen LogP contribution in [0.3, 0.4) is 0 Å². The summed E-state index contributed by atoms with van der Waals surface area (Å²) >= 11 is 12.4. The Hall–Kier alpha value is -2.29. The molecule has 0 aliphatic carbocycles. The molecule has 0 aliphatic rings. The van der Waals surface area contributed by atoms with Gasteiger partial charge in [0.25, 0.3) is 0 Å². The van der Waals surface area contributed by atoms with Crippen molar-refractivity contribution in [1.82, 2.24) is 10.2 Å². The minimum Gasteiger partial charge on any atom is -0.352 e. The zero-order valence-corrected chi connectivity index (χ0v) is 23.0. The standard InChI is InChI=1S/C25H33Cl2N3O4S/c1-6-18(4)28-25(32)23(7-2)29(15-19-10-11-20(26)14-22(19)27)24(31)16-30(35(5,33)34)21-12-8-17(3)9-13-21/h8-14,18,23H,6-7,15-16H2,1-5H3,(H,28,32)/t18-,23+/m0/s1. The predicted octanol–water partition coefficient (Wildman–Crippen LogP) is 4.79. The topological polar surface area (TPSA) is 86.8 Å². The largest absolute Gasteiger partial charge is 0.352 e. The van der Waals surface area contributed by atoms with Gasteiger partial charge in [0, 0.05) is 22.6 Å². The lowest BCUT2D eigenvalue weighted by molar-refractivity contribution is -0.140. The summed E-state index contributed by atoms with van der Waals surface area (Å²) in [7, 11) is -3.78. The molecular formula is C25H33Cl2N3O4S. The van der Waals surface area contributed by atoms with Crippen LogP contribution in [0, 0.1) is 6.92 Å². The molecule has 35 heavy (non-hydrogen) atoms. The van der Waals surface area contributed by atoms with E-state index in [-0.39, 0.29) is 18.5 Å². The van der Waals surface area contributed by atoms with Crippen molar-refractivity contribution in [3.05, 3.63) is 63.6 Å². The summed E-state index contributed by atoms with van der Waals surface area (Å²) in [5.74, 6) is -0.824. The Kier molecular flexibility index (Phi) is 10.4. The number of nitrogens with zero attached hydrogens (tertiary/aromatic N) is 2. The number of carbonyl (C=O) groups is 2. The van der Waals surface area contributed by atoms with Gasteiger partial charge in [-0.15, -0.1) is 0 Å². The van der Waals surface area contributed by atoms with Crippen LogP contribution in [-0.4, -0.2) is 50.0 Å². The van der Waals surface area contributed by atoms with Crippen molar-refractivity contribution in [2.24, 2.45) is 0 Å². The first-order valence-electron chi connectivity index (χ1n) is 11.5. The molecule has 0 bridgehead atoms. The summed E-state index contributed by atoms with van der Waals surface area (Å²) in [6.07, 6.45) is 2.12. The van der Waals surface area contributed by atoms with Crippen molar-refractivity contribution in [2.75, 3.05) is 17.1 Å². The maximum absolute atomic E-state index is 13.7. The van der Waals surface area contributed by atoms with Crippen LogP contribution in [-0.2, 0) is 26.2 Å². The number of benzene rings is 2. The van der Waals surface area contributed by atoms with Gasteiger partial charge in [-0.3, -0.25) is 13.9 Å². The van der Waals surface area contributed by atoms with Crippen LogP contribution in [0.15, 0.2) is 42.5 Å². The Labute approximate surface area is 218 Å². The predicted molar refractivity (Wildman–Crippen MR) is 142 cm³/mol. The number of aryl methyl sites for hydroxylation is 1. The lowest BCUT2D eigenvalue weighted by atomic mass is 10.1. The van der Waals surface area contributed by atoms with Crippen molar-refractivity contribution >= 4 is 50.7 Å². The molecule has 2 aromatic rings. The van der Waals surface area contributed by atoms with Crippen molar-refractivity contribution in [3.63, 3.8) is 0 Å². The van der Waals surface area contributed by atoms with Gasteiger partial charge in [-0.2, -0.15) is 0 Å². The number of rotatable bonds is 11. The normalized spacial score (nSPS) is 13.1. The minimum atomic E-state index is -3.78. The quantitative estimate of drug-likeness (QED) is 0.443. The fourth-order valence-electron chi connectivity index (χ4n) is 3.52. The molecule has 7 nitrogen and oxygen atoms in total. The third-order valence-electron chi connectivity index (χ3n) is 5.74. The average Bonchev–Trinajstić information content (AvgIpc) is 2.78. The first kappa shape index (κ1) is 28.9. The monoisotopic (exact) mass is 541 g/mol. The number of sulfonamides is 1. The van der Waals surface area contributed by atoms with Crippen molar-refractivity contribution < 1.29 is 18.0 Å². The highest BCUT2D eigenvalue weighted by atomic mass is 35.5. The fourth-order valence-corrected chi connectivity index (χ4v) is 4.84. The summed E-state index contributed by atoms with van der Waals surface area (Å²) in [6, 6.07) is 10.9. The summed E-state index contributed by atoms with van der Waals surface area (Å²) in [6.45, 7) is 7.09. The minimum absolute atomic E-state index is 0.0206. The van der Waals surface area contributed by atoms with Crippen LogP contribution in [0.25, 0.3) is 0 Å². The summed E-state index contributed by atoms with van der Waals surface area (Å²) in [5.41, 5.74) is 1.92. The Morgan fingerprint density at radius 1 is 1.03 bits per heavy atom. The van der Waals surface area contributed by atoms with Crippen LogP contribution in [0.5, 0.6) is 0 Å². The first-order valence-corrected chi connectivity index (χ1v) is 14.1. The lowest BCUT2D eigenvalue weighted by Crippen LogP contribution is -2.53. The van der Waals surface area contributed by atoms with E-state index in [0.717, 1.165) is 22.5 Å². The second kappa shape index (κ2) is 12.6. The molecule has 0 saturated heterocycles. The molecule has 0 heterocycles. The van der Waals surface area contributed by atoms with E-state index in [9.17, 15) is 18.0 Å². The van der Waals surface area contributed by atoms with E-state index in [2.05, 4.69) is 5.32 Å². The van der Waals surface area contributed by atoms with E-state index in [4.69, 9.17) is 23.2 Å². The van der Waals surface area contributed by atoms with E-state index < -0.39 is 28.5 Å². The van der Waals surface area contributed by atoms with Crippen molar-refractivity contribution in [1.29, 1.82) is 0 Å². The Bertz CT molecular complexity index is 1140. The van der Waals surface area contributed by atoms with E-state index in [1.807, 2.05) is 20.8 Å². The van der Waals surface area contributed by atoms with Gasteiger partial charge in [-0.1, -0.05) is 60.8 Å². The molecule has 0 fully saturated rings. The molecule has 192 valence electrons. The molecule has 0 saturated carbocycles. The molecule has 0 unspecified atom stereocenters. The van der Waals surface area contributed by atoms with E-state index in [0.29, 0.717) is 27.7 Å². The highest BCUT2D eigenvalue weighted by Crippen LogP contribution is 2.25. The van der Waals surface area contributed by atoms with E-state index >= 15 is 0 Å². The van der Waals surface area contributed by atoms with Crippen LogP contribution in [0.1, 0.15) is 44.7 Å². The average molecular weight is 543 g/mol. The number of halogens is 2. The molecule has 2 atom stereocenters. The molecule has 0 aliphatic heterocycles. The maximum Gasteiger partial charge on any atom is 0.244 e. The molecule has 0 aromatic heterocycles. The molecule has 2 rings (SSSR count). The number of nitrogens with one attached hydrogen (secondary N) is 1. The van der Waals surface area contributed by atoms with Crippen LogP contribution in [0.4, 0.5) is 5.69 Å². The Balaban J connectivity index is 2.46. The zero-order chi connectivity index (χ0) is 26.3. The molecule has 2 aromatic carbocycles. The third kappa shape index (κ3) is 8.12. The van der Waals surface area contributed by atoms with Gasteiger partial charge < -0.3 is 10.2 Å². The molecule has 0 spiro atoms. The van der Waals surface area contributed by atoms with Crippen LogP contribution < -0.4 is 9.62 Å². The van der Waals surface area contributed by atoms with Gasteiger partial charge >= 0.3 is 0 Å². The van der Waals surface area contributed by atoms with Crippen LogP contribution >= 0.6 is 23.2 Å². The highest BCUT2D eigenvalue weighted by molar-refractivity contribution is 7.92. The number of hydrogen-bond acceptors (Lipinski definition) is 4. The van der Waals surface area contributed by atoms with Crippen molar-refractivity contribution in [3.8, 4) is 0 Å². The van der Waals surface area contributed by atoms with E-state index in [1.165, 1.54) is 4.90 Å². The second-order valence-corrected chi connectivity index (χ2v) is 11.4. The maximum atomic E-state index is 13.7. The van der Waals surface area contributed by atoms with E-state index in [1.54, 1.807) is 49.4 Å². The Morgan fingerprint density at radius 3 is 2.17 bits per heavy atom. The SMILES string of the molecule is CC[C@H](C(=O)N[C@@H](C)CC)N(Cc1ccc(Cl)cc1Cl)C(=O)CN(c1ccc(C)cc1)S(C)(=O)=O. The molecule has 0 radical (unpaired) electrons. The van der Waals surface area contributed by atoms with Crippen LogP contribution in [0.2, 0.25) is 10.0 Å². The molecule has 1 N–H and O–H groups in total. The van der Waals surface area contributed by atoms with Gasteiger partial charge in [0.1, 0.15) is 12.6 Å². The fraction of sp³-hybridized carbons (Fsp3) is 0.440. The second-order valence-electron chi connectivity index (χ2n) is 8.60. The Morgan fingerprint density at radius 2 is 1.66 bits per heavy atom. The molecule has 2 amide bonds. The number of amides is 2. The first-order chi connectivity index (χ1) is 16.4. The van der Waals surface area contributed by atoms with Gasteiger partial charge in [0.2, 0.25) is 21.8 Å². The number of hydrogen-bond donors (Lipinski definition) is 1. The summed E-state index contributed by atoms with van der Waals surface area (Å²) in [4.78, 5) is 28.2. The van der Waals surface area contributed by atoms with Crippen molar-refractivity contribution in [2.45, 2.75) is 59.2 Å². The molecular weight excluding hydrogens is 509 g/mol. The summed E-state index contributed by atoms with van der Waals surface area (Å²) in [5, 5.41) is 3.73. The summed E-state index contributed by atoms with van der Waals surface area (Å²) < 4.78 is 26.3. The van der Waals surface area contributed by atoms with Gasteiger partial charge in [0.05, 0.1) is 11.9 Å². The zero-order valence-electron chi connectivity index (χ0n) is 20.7. The van der Waals surface area contributed by atoms with Gasteiger partial charge in [-0.05, 0) is 56.5 Å². The number of anilines is 1. The molecule has 10 heteroatoms. The number of carbonyl (C=O) groups excluding carboxylic acids is 2. The lowest BCUT2D eigenvalue weighted by Gasteiger charge is -2.33. The van der Waals surface area contributed by atoms with Gasteiger partial charge in [0.15, 0.2) is 0 Å².